The van der Waals surface area contributed by atoms with Gasteiger partial charge in [-0.3, -0.25) is 4.79 Å². The Morgan fingerprint density at radius 2 is 1.76 bits per heavy atom. The topological polar surface area (TPSA) is 73.9 Å². The van der Waals surface area contributed by atoms with Crippen molar-refractivity contribution in [2.24, 2.45) is 0 Å². The number of methoxy groups -OCH3 is 1. The van der Waals surface area contributed by atoms with E-state index in [0.29, 0.717) is 24.5 Å². The number of hydrogen-bond donors (Lipinski definition) is 1. The summed E-state index contributed by atoms with van der Waals surface area (Å²) in [6, 6.07) is 14.9. The monoisotopic (exact) mass is 343 g/mol. The molecule has 6 heteroatoms. The molecule has 0 spiro atoms. The molecule has 1 N–H and O–H groups in total. The fourth-order valence-electron chi connectivity index (χ4n) is 2.14. The van der Waals surface area contributed by atoms with Crippen LogP contribution in [0.15, 0.2) is 48.5 Å². The van der Waals surface area contributed by atoms with Crippen LogP contribution >= 0.6 is 0 Å². The van der Waals surface area contributed by atoms with Crippen molar-refractivity contribution in [3.05, 3.63) is 59.7 Å². The quantitative estimate of drug-likeness (QED) is 0.782. The molecule has 0 radical (unpaired) electrons. The first-order valence-corrected chi connectivity index (χ1v) is 7.88. The molecule has 25 heavy (non-hydrogen) atoms. The Hall–Kier alpha value is -3.02. The molecule has 2 rings (SSSR count). The molecule has 0 saturated heterocycles. The van der Waals surface area contributed by atoms with Crippen LogP contribution in [0.25, 0.3) is 0 Å². The molecule has 6 nitrogen and oxygen atoms in total. The number of benzene rings is 2. The largest absolute Gasteiger partial charge is 0.485 e. The van der Waals surface area contributed by atoms with Gasteiger partial charge in [0.25, 0.3) is 0 Å². The third kappa shape index (κ3) is 5.84. The summed E-state index contributed by atoms with van der Waals surface area (Å²) in [4.78, 5) is 22.8. The molecule has 0 aliphatic carbocycles. The van der Waals surface area contributed by atoms with Crippen LogP contribution in [0.5, 0.6) is 11.5 Å². The molecule has 2 aromatic rings. The van der Waals surface area contributed by atoms with Crippen LogP contribution in [-0.2, 0) is 22.6 Å². The number of ether oxygens (including phenoxy) is 3. The van der Waals surface area contributed by atoms with Gasteiger partial charge in [0.05, 0.1) is 7.11 Å². The first-order chi connectivity index (χ1) is 12.1. The van der Waals surface area contributed by atoms with Gasteiger partial charge in [-0.25, -0.2) is 4.79 Å². The molecule has 0 unspecified atom stereocenters. The van der Waals surface area contributed by atoms with Crippen molar-refractivity contribution in [2.75, 3.05) is 14.2 Å². The maximum absolute atomic E-state index is 11.5. The summed E-state index contributed by atoms with van der Waals surface area (Å²) in [6.45, 7) is 0.339. The molecule has 0 saturated carbocycles. The summed E-state index contributed by atoms with van der Waals surface area (Å²) in [7, 11) is 2.84. The highest BCUT2D eigenvalue weighted by molar-refractivity contribution is 5.71. The van der Waals surface area contributed by atoms with Gasteiger partial charge in [-0.1, -0.05) is 36.4 Å². The Bertz CT molecular complexity index is 715. The lowest BCUT2D eigenvalue weighted by molar-refractivity contribution is -0.140. The number of amides is 1. The highest BCUT2D eigenvalue weighted by atomic mass is 16.6. The van der Waals surface area contributed by atoms with E-state index in [-0.39, 0.29) is 12.4 Å². The van der Waals surface area contributed by atoms with Crippen molar-refractivity contribution in [1.29, 1.82) is 0 Å². The predicted octanol–water partition coefficient (Wildman–Crippen LogP) is 3.09. The second-order valence-electron chi connectivity index (χ2n) is 5.27. The molecule has 1 amide bonds. The summed E-state index contributed by atoms with van der Waals surface area (Å²) < 4.78 is 15.7. The number of rotatable bonds is 7. The van der Waals surface area contributed by atoms with Crippen LogP contribution in [0.3, 0.4) is 0 Å². The van der Waals surface area contributed by atoms with Crippen molar-refractivity contribution in [3.8, 4) is 11.5 Å². The van der Waals surface area contributed by atoms with E-state index < -0.39 is 6.09 Å². The molecular weight excluding hydrogens is 322 g/mol. The summed E-state index contributed by atoms with van der Waals surface area (Å²) in [5, 5.41) is 2.40. The first-order valence-electron chi connectivity index (χ1n) is 7.88. The van der Waals surface area contributed by atoms with Gasteiger partial charge in [0.2, 0.25) is 0 Å². The van der Waals surface area contributed by atoms with Crippen LogP contribution in [-0.4, -0.2) is 26.2 Å². The predicted molar refractivity (Wildman–Crippen MR) is 92.6 cm³/mol. The zero-order chi connectivity index (χ0) is 18.1. The second kappa shape index (κ2) is 9.32. The van der Waals surface area contributed by atoms with E-state index in [4.69, 9.17) is 9.47 Å². The lowest BCUT2D eigenvalue weighted by Gasteiger charge is -2.13. The van der Waals surface area contributed by atoms with Gasteiger partial charge in [0, 0.05) is 13.5 Å². The molecule has 0 aliphatic heterocycles. The highest BCUT2D eigenvalue weighted by Gasteiger charge is 2.12. The van der Waals surface area contributed by atoms with Crippen molar-refractivity contribution in [2.45, 2.75) is 19.4 Å². The summed E-state index contributed by atoms with van der Waals surface area (Å²) >= 11 is 0. The van der Waals surface area contributed by atoms with Crippen LogP contribution in [0.4, 0.5) is 4.79 Å². The molecule has 0 bridgehead atoms. The van der Waals surface area contributed by atoms with Crippen LogP contribution in [0, 0.1) is 0 Å². The number of hydrogen-bond acceptors (Lipinski definition) is 5. The molecule has 132 valence electrons. The summed E-state index contributed by atoms with van der Waals surface area (Å²) in [5.41, 5.74) is 1.88. The van der Waals surface area contributed by atoms with Crippen LogP contribution in [0.1, 0.15) is 17.5 Å². The Kier molecular flexibility index (Phi) is 6.83. The molecule has 0 atom stereocenters. The number of aryl methyl sites for hydroxylation is 1. The fourth-order valence-corrected chi connectivity index (χ4v) is 2.14. The Labute approximate surface area is 146 Å². The zero-order valence-corrected chi connectivity index (χ0v) is 14.3. The van der Waals surface area contributed by atoms with E-state index >= 15 is 0 Å². The minimum Gasteiger partial charge on any atom is -0.485 e. The SMILES string of the molecule is CNC(=O)Oc1ccc(CCC(=O)OC)cc1OCc1ccccc1. The van der Waals surface area contributed by atoms with E-state index in [1.54, 1.807) is 18.2 Å². The maximum atomic E-state index is 11.5. The number of esters is 1. The van der Waals surface area contributed by atoms with Crippen molar-refractivity contribution in [1.82, 2.24) is 5.32 Å². The second-order valence-corrected chi connectivity index (χ2v) is 5.27. The molecule has 0 aliphatic rings. The third-order valence-electron chi connectivity index (χ3n) is 3.50. The Morgan fingerprint density at radius 3 is 2.44 bits per heavy atom. The van der Waals surface area contributed by atoms with E-state index in [0.717, 1.165) is 11.1 Å². The lowest BCUT2D eigenvalue weighted by atomic mass is 10.1. The van der Waals surface area contributed by atoms with Crippen LogP contribution < -0.4 is 14.8 Å². The summed E-state index contributed by atoms with van der Waals surface area (Å²) in [6.07, 6.45) is 0.200. The van der Waals surface area contributed by atoms with E-state index in [1.165, 1.54) is 14.2 Å². The summed E-state index contributed by atoms with van der Waals surface area (Å²) in [5.74, 6) is 0.476. The zero-order valence-electron chi connectivity index (χ0n) is 14.3. The maximum Gasteiger partial charge on any atom is 0.412 e. The molecule has 2 aromatic carbocycles. The van der Waals surface area contributed by atoms with Gasteiger partial charge in [0.15, 0.2) is 11.5 Å². The Morgan fingerprint density at radius 1 is 1.00 bits per heavy atom. The third-order valence-corrected chi connectivity index (χ3v) is 3.50. The number of carbonyl (C=O) groups excluding carboxylic acids is 2. The molecule has 0 aromatic heterocycles. The highest BCUT2D eigenvalue weighted by Crippen LogP contribution is 2.30. The first kappa shape index (κ1) is 18.3. The minimum absolute atomic E-state index is 0.268. The average molecular weight is 343 g/mol. The standard InChI is InChI=1S/C19H21NO5/c1-20-19(22)25-16-10-8-14(9-11-18(21)23-2)12-17(16)24-13-15-6-4-3-5-7-15/h3-8,10,12H,9,11,13H2,1-2H3,(H,20,22). The van der Waals surface area contributed by atoms with Gasteiger partial charge in [-0.05, 0) is 29.7 Å². The number of nitrogens with one attached hydrogen (secondary N) is 1. The van der Waals surface area contributed by atoms with Gasteiger partial charge in [-0.15, -0.1) is 0 Å². The van der Waals surface area contributed by atoms with Gasteiger partial charge in [-0.2, -0.15) is 0 Å². The molecule has 0 heterocycles. The molecular formula is C19H21NO5. The van der Waals surface area contributed by atoms with Crippen molar-refractivity contribution in [3.63, 3.8) is 0 Å². The number of carbonyl (C=O) groups is 2. The smallest absolute Gasteiger partial charge is 0.412 e. The lowest BCUT2D eigenvalue weighted by Crippen LogP contribution is -2.22. The molecule has 0 fully saturated rings. The van der Waals surface area contributed by atoms with Gasteiger partial charge >= 0.3 is 12.1 Å². The van der Waals surface area contributed by atoms with Crippen molar-refractivity contribution >= 4 is 12.1 Å². The van der Waals surface area contributed by atoms with Gasteiger partial charge < -0.3 is 19.5 Å². The van der Waals surface area contributed by atoms with E-state index in [1.807, 2.05) is 30.3 Å². The fraction of sp³-hybridized carbons (Fsp3) is 0.263. The van der Waals surface area contributed by atoms with E-state index in [9.17, 15) is 9.59 Å². The average Bonchev–Trinajstić information content (AvgIpc) is 2.66. The van der Waals surface area contributed by atoms with Gasteiger partial charge in [0.1, 0.15) is 6.61 Å². The van der Waals surface area contributed by atoms with Crippen molar-refractivity contribution < 1.29 is 23.8 Å². The van der Waals surface area contributed by atoms with Crippen LogP contribution in [0.2, 0.25) is 0 Å². The minimum atomic E-state index is -0.577. The normalized spacial score (nSPS) is 10.0. The Balaban J connectivity index is 2.14. The van der Waals surface area contributed by atoms with E-state index in [2.05, 4.69) is 10.1 Å².